The van der Waals surface area contributed by atoms with Crippen molar-refractivity contribution in [2.24, 2.45) is 5.92 Å². The molecular formula is C9H18O4S. The average Bonchev–Trinajstić information content (AvgIpc) is 2.01. The van der Waals surface area contributed by atoms with Crippen molar-refractivity contribution < 1.29 is 17.9 Å². The fraction of sp³-hybridized carbons (Fsp3) is 0.889. The summed E-state index contributed by atoms with van der Waals surface area (Å²) in [5.74, 6) is -0.282. The van der Waals surface area contributed by atoms with Crippen LogP contribution in [0.3, 0.4) is 0 Å². The first-order chi connectivity index (χ1) is 6.29. The summed E-state index contributed by atoms with van der Waals surface area (Å²) >= 11 is 0. The van der Waals surface area contributed by atoms with Crippen LogP contribution in [-0.2, 0) is 19.4 Å². The zero-order valence-electron chi connectivity index (χ0n) is 9.11. The zero-order valence-corrected chi connectivity index (χ0v) is 9.93. The van der Waals surface area contributed by atoms with Gasteiger partial charge in [0.2, 0.25) is 0 Å². The normalized spacial score (nSPS) is 14.1. The van der Waals surface area contributed by atoms with E-state index in [9.17, 15) is 13.2 Å². The van der Waals surface area contributed by atoms with Gasteiger partial charge in [0, 0.05) is 0 Å². The van der Waals surface area contributed by atoms with Crippen LogP contribution in [-0.4, -0.2) is 32.5 Å². The molecule has 0 amide bonds. The molecule has 0 aromatic carbocycles. The van der Waals surface area contributed by atoms with Crippen LogP contribution in [0.5, 0.6) is 0 Å². The first-order valence-electron chi connectivity index (χ1n) is 4.58. The second-order valence-electron chi connectivity index (χ2n) is 3.81. The third-order valence-corrected chi connectivity index (χ3v) is 4.38. The molecule has 0 bridgehead atoms. The number of carbonyl (C=O) groups excluding carboxylic acids is 1. The van der Waals surface area contributed by atoms with E-state index in [0.717, 1.165) is 0 Å². The van der Waals surface area contributed by atoms with Gasteiger partial charge in [0.25, 0.3) is 0 Å². The molecule has 0 rings (SSSR count). The van der Waals surface area contributed by atoms with E-state index in [1.165, 1.54) is 14.0 Å². The molecule has 0 heterocycles. The van der Waals surface area contributed by atoms with Gasteiger partial charge >= 0.3 is 5.97 Å². The van der Waals surface area contributed by atoms with Crippen LogP contribution in [0.15, 0.2) is 0 Å². The maximum absolute atomic E-state index is 11.6. The molecule has 1 unspecified atom stereocenters. The number of rotatable bonds is 5. The second-order valence-corrected chi connectivity index (χ2v) is 6.28. The number of methoxy groups -OCH3 is 1. The molecule has 0 saturated carbocycles. The van der Waals surface area contributed by atoms with Crippen LogP contribution in [0.25, 0.3) is 0 Å². The molecule has 0 radical (unpaired) electrons. The summed E-state index contributed by atoms with van der Waals surface area (Å²) in [5, 5.41) is -0.655. The van der Waals surface area contributed by atoms with E-state index < -0.39 is 21.1 Å². The third kappa shape index (κ3) is 4.60. The Bertz CT molecular complexity index is 279. The highest BCUT2D eigenvalue weighted by atomic mass is 32.2. The lowest BCUT2D eigenvalue weighted by atomic mass is 10.3. The molecule has 5 heteroatoms. The number of hydrogen-bond acceptors (Lipinski definition) is 4. The van der Waals surface area contributed by atoms with Crippen LogP contribution in [0.1, 0.15) is 27.2 Å². The molecule has 0 aromatic rings. The summed E-state index contributed by atoms with van der Waals surface area (Å²) in [6, 6.07) is 0. The van der Waals surface area contributed by atoms with Crippen molar-refractivity contribution in [2.45, 2.75) is 32.4 Å². The van der Waals surface area contributed by atoms with Gasteiger partial charge in [0.1, 0.15) is 0 Å². The lowest BCUT2D eigenvalue weighted by Gasteiger charge is -2.13. The fourth-order valence-electron chi connectivity index (χ4n) is 1.07. The Balaban J connectivity index is 4.36. The molecule has 0 aromatic heterocycles. The molecule has 0 aliphatic carbocycles. The molecule has 0 saturated heterocycles. The van der Waals surface area contributed by atoms with E-state index in [-0.39, 0.29) is 18.1 Å². The van der Waals surface area contributed by atoms with Gasteiger partial charge < -0.3 is 4.74 Å². The van der Waals surface area contributed by atoms with Crippen molar-refractivity contribution in [1.29, 1.82) is 0 Å². The van der Waals surface area contributed by atoms with Gasteiger partial charge in [-0.15, -0.1) is 0 Å². The van der Waals surface area contributed by atoms with Gasteiger partial charge in [-0.1, -0.05) is 13.8 Å². The fourth-order valence-corrected chi connectivity index (χ4v) is 2.72. The van der Waals surface area contributed by atoms with E-state index in [1.54, 1.807) is 0 Å². The molecule has 0 spiro atoms. The maximum atomic E-state index is 11.6. The van der Waals surface area contributed by atoms with Gasteiger partial charge in [0.15, 0.2) is 9.84 Å². The highest BCUT2D eigenvalue weighted by Gasteiger charge is 2.24. The van der Waals surface area contributed by atoms with Gasteiger partial charge in [-0.3, -0.25) is 4.79 Å². The predicted octanol–water partition coefficient (Wildman–Crippen LogP) is 1.01. The molecule has 4 nitrogen and oxygen atoms in total. The number of carbonyl (C=O) groups is 1. The van der Waals surface area contributed by atoms with E-state index in [1.807, 2.05) is 13.8 Å². The van der Waals surface area contributed by atoms with Gasteiger partial charge in [-0.05, 0) is 12.8 Å². The van der Waals surface area contributed by atoms with Crippen LogP contribution in [0.2, 0.25) is 0 Å². The Kier molecular flexibility index (Phi) is 5.12. The van der Waals surface area contributed by atoms with Crippen LogP contribution in [0, 0.1) is 5.92 Å². The Morgan fingerprint density at radius 1 is 1.29 bits per heavy atom. The van der Waals surface area contributed by atoms with E-state index in [2.05, 4.69) is 4.74 Å². The number of esters is 1. The van der Waals surface area contributed by atoms with Crippen molar-refractivity contribution in [3.8, 4) is 0 Å². The number of sulfone groups is 1. The molecular weight excluding hydrogens is 204 g/mol. The van der Waals surface area contributed by atoms with E-state index in [0.29, 0.717) is 0 Å². The molecule has 0 N–H and O–H groups in total. The minimum absolute atomic E-state index is 0.0639. The van der Waals surface area contributed by atoms with Crippen molar-refractivity contribution in [3.05, 3.63) is 0 Å². The van der Waals surface area contributed by atoms with Gasteiger partial charge in [-0.2, -0.15) is 0 Å². The molecule has 14 heavy (non-hydrogen) atoms. The summed E-state index contributed by atoms with van der Waals surface area (Å²) in [7, 11) is -1.91. The molecule has 0 fully saturated rings. The second kappa shape index (κ2) is 5.34. The van der Waals surface area contributed by atoms with Crippen LogP contribution in [0.4, 0.5) is 0 Å². The Morgan fingerprint density at radius 3 is 2.14 bits per heavy atom. The summed E-state index contributed by atoms with van der Waals surface area (Å²) in [6.07, 6.45) is -0.0639. The van der Waals surface area contributed by atoms with Crippen LogP contribution < -0.4 is 0 Å². The Morgan fingerprint density at radius 2 is 1.79 bits per heavy atom. The monoisotopic (exact) mass is 222 g/mol. The molecule has 0 aliphatic rings. The lowest BCUT2D eigenvalue weighted by molar-refractivity contribution is -0.140. The summed E-state index contributed by atoms with van der Waals surface area (Å²) in [6.45, 7) is 5.21. The van der Waals surface area contributed by atoms with Crippen molar-refractivity contribution in [2.75, 3.05) is 12.9 Å². The molecule has 1 atom stereocenters. The largest absolute Gasteiger partial charge is 0.469 e. The van der Waals surface area contributed by atoms with Crippen molar-refractivity contribution >= 4 is 15.8 Å². The SMILES string of the molecule is COC(=O)CC(C)S(=O)(=O)CC(C)C. The standard InChI is InChI=1S/C9H18O4S/c1-7(2)6-14(11,12)8(3)5-9(10)13-4/h7-8H,5-6H2,1-4H3. The Hall–Kier alpha value is -0.580. The third-order valence-electron chi connectivity index (χ3n) is 1.86. The molecule has 84 valence electrons. The first kappa shape index (κ1) is 13.4. The average molecular weight is 222 g/mol. The highest BCUT2D eigenvalue weighted by molar-refractivity contribution is 7.92. The highest BCUT2D eigenvalue weighted by Crippen LogP contribution is 2.11. The Labute approximate surface area is 85.6 Å². The zero-order chi connectivity index (χ0) is 11.4. The topological polar surface area (TPSA) is 60.4 Å². The minimum Gasteiger partial charge on any atom is -0.469 e. The lowest BCUT2D eigenvalue weighted by Crippen LogP contribution is -2.26. The van der Waals surface area contributed by atoms with Crippen LogP contribution >= 0.6 is 0 Å². The summed E-state index contributed by atoms with van der Waals surface area (Å²) < 4.78 is 27.6. The quantitative estimate of drug-likeness (QED) is 0.651. The number of ether oxygens (including phenoxy) is 1. The van der Waals surface area contributed by atoms with Gasteiger partial charge in [0.05, 0.1) is 24.5 Å². The predicted molar refractivity (Wildman–Crippen MR) is 54.7 cm³/mol. The maximum Gasteiger partial charge on any atom is 0.306 e. The minimum atomic E-state index is -3.17. The summed E-state index contributed by atoms with van der Waals surface area (Å²) in [4.78, 5) is 10.9. The molecule has 0 aliphatic heterocycles. The first-order valence-corrected chi connectivity index (χ1v) is 6.29. The van der Waals surface area contributed by atoms with Crippen molar-refractivity contribution in [3.63, 3.8) is 0 Å². The number of hydrogen-bond donors (Lipinski definition) is 0. The van der Waals surface area contributed by atoms with E-state index in [4.69, 9.17) is 0 Å². The smallest absolute Gasteiger partial charge is 0.306 e. The summed E-state index contributed by atoms with van der Waals surface area (Å²) in [5.41, 5.74) is 0. The van der Waals surface area contributed by atoms with E-state index >= 15 is 0 Å². The van der Waals surface area contributed by atoms with Crippen molar-refractivity contribution in [1.82, 2.24) is 0 Å². The van der Waals surface area contributed by atoms with Gasteiger partial charge in [-0.25, -0.2) is 8.42 Å².